The minimum absolute atomic E-state index is 0.0781. The Balaban J connectivity index is 1.51. The minimum Gasteiger partial charge on any atom is -0.494 e. The summed E-state index contributed by atoms with van der Waals surface area (Å²) in [5.41, 5.74) is 1.72. The van der Waals surface area contributed by atoms with E-state index in [9.17, 15) is 4.79 Å². The Labute approximate surface area is 154 Å². The van der Waals surface area contributed by atoms with Crippen molar-refractivity contribution in [2.45, 2.75) is 11.3 Å². The lowest BCUT2D eigenvalue weighted by Crippen LogP contribution is -2.13. The predicted octanol–water partition coefficient (Wildman–Crippen LogP) is 4.33. The number of rotatable bonds is 7. The van der Waals surface area contributed by atoms with Gasteiger partial charge in [-0.1, -0.05) is 42.1 Å². The van der Waals surface area contributed by atoms with Crippen LogP contribution >= 0.6 is 23.3 Å². The number of hydrogen-bond acceptors (Lipinski definition) is 6. The smallest absolute Gasteiger partial charge is 0.234 e. The molecule has 5 nitrogen and oxygen atoms in total. The molecule has 2 aromatic carbocycles. The van der Waals surface area contributed by atoms with Gasteiger partial charge in [0.1, 0.15) is 5.75 Å². The molecule has 0 aliphatic rings. The lowest BCUT2D eigenvalue weighted by Gasteiger charge is -2.06. The molecule has 7 heteroatoms. The Morgan fingerprint density at radius 1 is 1.16 bits per heavy atom. The maximum atomic E-state index is 12.1. The van der Waals surface area contributed by atoms with Crippen LogP contribution in [-0.2, 0) is 4.79 Å². The third kappa shape index (κ3) is 5.04. The molecule has 1 amide bonds. The fraction of sp³-hybridized carbons (Fsp3) is 0.167. The van der Waals surface area contributed by atoms with Gasteiger partial charge in [0.25, 0.3) is 0 Å². The average molecular weight is 371 g/mol. The maximum Gasteiger partial charge on any atom is 0.234 e. The molecule has 0 unspecified atom stereocenters. The predicted molar refractivity (Wildman–Crippen MR) is 102 cm³/mol. The molecule has 0 radical (unpaired) electrons. The first-order valence-corrected chi connectivity index (χ1v) is 9.55. The summed E-state index contributed by atoms with van der Waals surface area (Å²) < 4.78 is 10.5. The number of hydrogen-bond donors (Lipinski definition) is 1. The van der Waals surface area contributed by atoms with Crippen molar-refractivity contribution in [3.05, 3.63) is 54.6 Å². The van der Waals surface area contributed by atoms with Gasteiger partial charge in [-0.3, -0.25) is 4.79 Å². The van der Waals surface area contributed by atoms with Gasteiger partial charge in [-0.05, 0) is 42.7 Å². The quantitative estimate of drug-likeness (QED) is 0.626. The SMILES string of the molecule is CCOc1ccc(NC(=O)CSc2nc(-c3ccccc3)ns2)cc1. The van der Waals surface area contributed by atoms with Crippen LogP contribution in [0.5, 0.6) is 5.75 Å². The lowest BCUT2D eigenvalue weighted by atomic mass is 10.2. The fourth-order valence-electron chi connectivity index (χ4n) is 2.10. The molecule has 3 aromatic rings. The number of nitrogens with zero attached hydrogens (tertiary/aromatic N) is 2. The lowest BCUT2D eigenvalue weighted by molar-refractivity contribution is -0.113. The highest BCUT2D eigenvalue weighted by atomic mass is 32.2. The number of anilines is 1. The summed E-state index contributed by atoms with van der Waals surface area (Å²) in [4.78, 5) is 16.5. The van der Waals surface area contributed by atoms with E-state index in [4.69, 9.17) is 4.74 Å². The minimum atomic E-state index is -0.0781. The number of amides is 1. The topological polar surface area (TPSA) is 64.1 Å². The molecule has 0 aliphatic heterocycles. The van der Waals surface area contributed by atoms with Crippen molar-refractivity contribution in [3.63, 3.8) is 0 Å². The van der Waals surface area contributed by atoms with Crippen LogP contribution in [0.15, 0.2) is 58.9 Å². The Morgan fingerprint density at radius 2 is 1.92 bits per heavy atom. The van der Waals surface area contributed by atoms with Crippen LogP contribution in [-0.4, -0.2) is 27.6 Å². The molecular formula is C18H17N3O2S2. The number of aromatic nitrogens is 2. The maximum absolute atomic E-state index is 12.1. The van der Waals surface area contributed by atoms with Crippen molar-refractivity contribution >= 4 is 34.9 Å². The second kappa shape index (κ2) is 8.64. The Morgan fingerprint density at radius 3 is 2.64 bits per heavy atom. The van der Waals surface area contributed by atoms with Gasteiger partial charge in [0, 0.05) is 11.3 Å². The van der Waals surface area contributed by atoms with Crippen molar-refractivity contribution in [3.8, 4) is 17.1 Å². The van der Waals surface area contributed by atoms with Crippen LogP contribution in [0.2, 0.25) is 0 Å². The van der Waals surface area contributed by atoms with Crippen LogP contribution in [0, 0.1) is 0 Å². The molecular weight excluding hydrogens is 354 g/mol. The second-order valence-electron chi connectivity index (χ2n) is 5.04. The van der Waals surface area contributed by atoms with Gasteiger partial charge in [-0.15, -0.1) is 0 Å². The normalized spacial score (nSPS) is 10.4. The van der Waals surface area contributed by atoms with E-state index in [0.717, 1.165) is 21.3 Å². The Bertz CT molecular complexity index is 820. The third-order valence-electron chi connectivity index (χ3n) is 3.22. The van der Waals surface area contributed by atoms with Crippen LogP contribution < -0.4 is 10.1 Å². The van der Waals surface area contributed by atoms with Gasteiger partial charge >= 0.3 is 0 Å². The van der Waals surface area contributed by atoms with E-state index in [1.54, 1.807) is 0 Å². The molecule has 25 heavy (non-hydrogen) atoms. The molecule has 1 aromatic heterocycles. The van der Waals surface area contributed by atoms with Gasteiger partial charge in [-0.2, -0.15) is 4.37 Å². The first-order chi connectivity index (χ1) is 12.2. The van der Waals surface area contributed by atoms with Crippen molar-refractivity contribution < 1.29 is 9.53 Å². The monoisotopic (exact) mass is 371 g/mol. The first-order valence-electron chi connectivity index (χ1n) is 7.79. The summed E-state index contributed by atoms with van der Waals surface area (Å²) in [5, 5.41) is 2.86. The van der Waals surface area contributed by atoms with Crippen molar-refractivity contribution in [1.29, 1.82) is 0 Å². The molecule has 0 aliphatic carbocycles. The second-order valence-corrected chi connectivity index (χ2v) is 7.02. The van der Waals surface area contributed by atoms with E-state index >= 15 is 0 Å². The summed E-state index contributed by atoms with van der Waals surface area (Å²) in [6, 6.07) is 17.1. The van der Waals surface area contributed by atoms with E-state index in [-0.39, 0.29) is 11.7 Å². The third-order valence-corrected chi connectivity index (χ3v) is 5.05. The summed E-state index contributed by atoms with van der Waals surface area (Å²) in [6.07, 6.45) is 0. The van der Waals surface area contributed by atoms with Gasteiger partial charge < -0.3 is 10.1 Å². The Kier molecular flexibility index (Phi) is 6.03. The number of ether oxygens (including phenoxy) is 1. The van der Waals surface area contributed by atoms with Crippen LogP contribution in [0.4, 0.5) is 5.69 Å². The highest BCUT2D eigenvalue weighted by molar-refractivity contribution is 8.01. The van der Waals surface area contributed by atoms with E-state index < -0.39 is 0 Å². The highest BCUT2D eigenvalue weighted by Gasteiger charge is 2.09. The molecule has 128 valence electrons. The van der Waals surface area contributed by atoms with Gasteiger partial charge in [0.15, 0.2) is 10.2 Å². The van der Waals surface area contributed by atoms with Crippen LogP contribution in [0.1, 0.15) is 6.92 Å². The molecule has 0 saturated heterocycles. The van der Waals surface area contributed by atoms with E-state index in [1.165, 1.54) is 23.3 Å². The number of carbonyl (C=O) groups excluding carboxylic acids is 1. The Hall–Kier alpha value is -2.38. The number of thioether (sulfide) groups is 1. The summed E-state index contributed by atoms with van der Waals surface area (Å²) >= 11 is 2.69. The molecule has 3 rings (SSSR count). The van der Waals surface area contributed by atoms with Gasteiger partial charge in [0.2, 0.25) is 5.91 Å². The van der Waals surface area contributed by atoms with Crippen LogP contribution in [0.25, 0.3) is 11.4 Å². The summed E-state index contributed by atoms with van der Waals surface area (Å²) in [6.45, 7) is 2.55. The fourth-order valence-corrected chi connectivity index (χ4v) is 3.51. The summed E-state index contributed by atoms with van der Waals surface area (Å²) in [5.74, 6) is 1.69. The van der Waals surface area contributed by atoms with Crippen LogP contribution in [0.3, 0.4) is 0 Å². The first kappa shape index (κ1) is 17.4. The highest BCUT2D eigenvalue weighted by Crippen LogP contribution is 2.25. The zero-order chi connectivity index (χ0) is 17.5. The molecule has 1 N–H and O–H groups in total. The van der Waals surface area contributed by atoms with Gasteiger partial charge in [0.05, 0.1) is 12.4 Å². The molecule has 0 spiro atoms. The molecule has 0 saturated carbocycles. The molecule has 0 atom stereocenters. The zero-order valence-corrected chi connectivity index (χ0v) is 15.3. The standard InChI is InChI=1S/C18H17N3O2S2/c1-2-23-15-10-8-14(9-11-15)19-16(22)12-24-18-20-17(21-25-18)13-6-4-3-5-7-13/h3-11H,2,12H2,1H3,(H,19,22). The number of nitrogens with one attached hydrogen (secondary N) is 1. The average Bonchev–Trinajstić information content (AvgIpc) is 3.12. The summed E-state index contributed by atoms with van der Waals surface area (Å²) in [7, 11) is 0. The van der Waals surface area contributed by atoms with Crippen molar-refractivity contribution in [2.75, 3.05) is 17.7 Å². The van der Waals surface area contributed by atoms with E-state index in [2.05, 4.69) is 14.7 Å². The largest absolute Gasteiger partial charge is 0.494 e. The van der Waals surface area contributed by atoms with Gasteiger partial charge in [-0.25, -0.2) is 4.98 Å². The molecule has 0 fully saturated rings. The van der Waals surface area contributed by atoms with E-state index in [1.807, 2.05) is 61.5 Å². The number of benzene rings is 2. The van der Waals surface area contributed by atoms with Crippen molar-refractivity contribution in [2.24, 2.45) is 0 Å². The van der Waals surface area contributed by atoms with E-state index in [0.29, 0.717) is 12.4 Å². The molecule has 1 heterocycles. The number of carbonyl (C=O) groups is 1. The zero-order valence-electron chi connectivity index (χ0n) is 13.6. The van der Waals surface area contributed by atoms with Crippen molar-refractivity contribution in [1.82, 2.24) is 9.36 Å². The molecule has 0 bridgehead atoms.